The first-order chi connectivity index (χ1) is 10.0. The smallest absolute Gasteiger partial charge is 0.194 e. The van der Waals surface area contributed by atoms with E-state index in [2.05, 4.69) is 10.3 Å². The zero-order chi connectivity index (χ0) is 17.0. The molecule has 0 atom stereocenters. The van der Waals surface area contributed by atoms with Gasteiger partial charge in [-0.2, -0.15) is 0 Å². The van der Waals surface area contributed by atoms with E-state index in [0.29, 0.717) is 25.6 Å². The summed E-state index contributed by atoms with van der Waals surface area (Å²) in [6, 6.07) is 0. The molecule has 1 fully saturated rings. The van der Waals surface area contributed by atoms with Crippen LogP contribution in [0.5, 0.6) is 0 Å². The zero-order valence-corrected chi connectivity index (χ0v) is 15.4. The Morgan fingerprint density at radius 2 is 1.95 bits per heavy atom. The van der Waals surface area contributed by atoms with E-state index in [9.17, 15) is 16.8 Å². The molecule has 1 aliphatic rings. The van der Waals surface area contributed by atoms with Gasteiger partial charge < -0.3 is 10.2 Å². The second-order valence-electron chi connectivity index (χ2n) is 5.97. The highest BCUT2D eigenvalue weighted by atomic mass is 32.2. The maximum Gasteiger partial charge on any atom is 0.194 e. The van der Waals surface area contributed by atoms with Crippen LogP contribution in [0.3, 0.4) is 0 Å². The second-order valence-corrected chi connectivity index (χ2v) is 11.2. The first kappa shape index (κ1) is 19.2. The molecule has 1 N–H and O–H groups in total. The summed E-state index contributed by atoms with van der Waals surface area (Å²) >= 11 is 0. The van der Waals surface area contributed by atoms with Gasteiger partial charge in [0.2, 0.25) is 0 Å². The first-order valence-corrected chi connectivity index (χ1v) is 11.0. The molecule has 0 spiro atoms. The van der Waals surface area contributed by atoms with Crippen molar-refractivity contribution in [3.8, 4) is 0 Å². The lowest BCUT2D eigenvalue weighted by molar-refractivity contribution is 0.353. The van der Waals surface area contributed by atoms with Crippen molar-refractivity contribution in [2.24, 2.45) is 4.99 Å². The lowest BCUT2D eigenvalue weighted by Crippen LogP contribution is -2.57. The highest BCUT2D eigenvalue weighted by molar-refractivity contribution is 7.92. The minimum Gasteiger partial charge on any atom is -0.357 e. The number of aliphatic imine (C=N–C) groups is 1. The van der Waals surface area contributed by atoms with Gasteiger partial charge in [-0.25, -0.2) is 16.8 Å². The van der Waals surface area contributed by atoms with Crippen molar-refractivity contribution in [1.29, 1.82) is 0 Å². The van der Waals surface area contributed by atoms with Crippen LogP contribution in [0.15, 0.2) is 4.99 Å². The molecule has 0 saturated carbocycles. The number of nitrogens with one attached hydrogen (secondary N) is 1. The van der Waals surface area contributed by atoms with Crippen LogP contribution in [0.4, 0.5) is 0 Å². The molecule has 0 aromatic rings. The monoisotopic (exact) mass is 353 g/mol. The van der Waals surface area contributed by atoms with Crippen LogP contribution in [0.25, 0.3) is 0 Å². The van der Waals surface area contributed by atoms with Gasteiger partial charge in [0, 0.05) is 25.4 Å². The predicted molar refractivity (Wildman–Crippen MR) is 89.7 cm³/mol. The Bertz CT molecular complexity index is 609. The Morgan fingerprint density at radius 1 is 1.32 bits per heavy atom. The lowest BCUT2D eigenvalue weighted by Gasteiger charge is -2.39. The molecule has 0 radical (unpaired) electrons. The summed E-state index contributed by atoms with van der Waals surface area (Å²) in [5.74, 6) is 0.774. The van der Waals surface area contributed by atoms with Crippen LogP contribution in [-0.2, 0) is 19.7 Å². The molecule has 0 aromatic heterocycles. The largest absolute Gasteiger partial charge is 0.357 e. The van der Waals surface area contributed by atoms with Crippen molar-refractivity contribution in [1.82, 2.24) is 10.2 Å². The molecule has 0 amide bonds. The van der Waals surface area contributed by atoms with Crippen molar-refractivity contribution in [3.05, 3.63) is 0 Å². The van der Waals surface area contributed by atoms with Crippen molar-refractivity contribution < 1.29 is 16.8 Å². The maximum atomic E-state index is 12.0. The van der Waals surface area contributed by atoms with Crippen LogP contribution >= 0.6 is 0 Å². The molecule has 1 aliphatic heterocycles. The quantitative estimate of drug-likeness (QED) is 0.547. The average molecular weight is 354 g/mol. The van der Waals surface area contributed by atoms with Gasteiger partial charge in [-0.05, 0) is 20.8 Å². The Balaban J connectivity index is 2.84. The normalized spacial score (nSPS) is 21.6. The van der Waals surface area contributed by atoms with Gasteiger partial charge in [0.05, 0.1) is 22.8 Å². The molecular weight excluding hydrogens is 326 g/mol. The van der Waals surface area contributed by atoms with Gasteiger partial charge in [-0.1, -0.05) is 6.92 Å². The fourth-order valence-electron chi connectivity index (χ4n) is 2.19. The van der Waals surface area contributed by atoms with E-state index in [4.69, 9.17) is 0 Å². The van der Waals surface area contributed by atoms with Gasteiger partial charge in [0.25, 0.3) is 0 Å². The number of hydrogen-bond donors (Lipinski definition) is 1. The van der Waals surface area contributed by atoms with Crippen molar-refractivity contribution in [3.63, 3.8) is 0 Å². The predicted octanol–water partition coefficient (Wildman–Crippen LogP) is -0.104. The van der Waals surface area contributed by atoms with Gasteiger partial charge in [0.1, 0.15) is 0 Å². The van der Waals surface area contributed by atoms with Gasteiger partial charge in [-0.3, -0.25) is 4.99 Å². The van der Waals surface area contributed by atoms with E-state index < -0.39 is 24.4 Å². The number of nitrogens with zero attached hydrogens (tertiary/aromatic N) is 2. The lowest BCUT2D eigenvalue weighted by atomic mass is 10.2. The van der Waals surface area contributed by atoms with Crippen LogP contribution in [0, 0.1) is 0 Å². The average Bonchev–Trinajstić information content (AvgIpc) is 2.41. The molecule has 1 saturated heterocycles. The first-order valence-electron chi connectivity index (χ1n) is 7.50. The number of rotatable bonds is 5. The van der Waals surface area contributed by atoms with E-state index in [1.807, 2.05) is 11.8 Å². The maximum absolute atomic E-state index is 12.0. The highest BCUT2D eigenvalue weighted by Gasteiger charge is 2.40. The minimum absolute atomic E-state index is 0.00786. The van der Waals surface area contributed by atoms with E-state index in [0.717, 1.165) is 0 Å². The highest BCUT2D eigenvalue weighted by Crippen LogP contribution is 2.23. The second kappa shape index (κ2) is 7.16. The van der Waals surface area contributed by atoms with E-state index >= 15 is 0 Å². The summed E-state index contributed by atoms with van der Waals surface area (Å²) in [6.07, 6.45) is 0. The van der Waals surface area contributed by atoms with Crippen LogP contribution in [0.2, 0.25) is 0 Å². The van der Waals surface area contributed by atoms with Crippen LogP contribution in [0.1, 0.15) is 27.7 Å². The molecule has 1 heterocycles. The van der Waals surface area contributed by atoms with Crippen LogP contribution in [-0.4, -0.2) is 75.9 Å². The molecular formula is C13H27N3O4S2. The van der Waals surface area contributed by atoms with Crippen molar-refractivity contribution in [2.75, 3.05) is 43.4 Å². The molecule has 130 valence electrons. The summed E-state index contributed by atoms with van der Waals surface area (Å²) in [5.41, 5.74) is 0. The van der Waals surface area contributed by atoms with E-state index in [1.54, 1.807) is 20.8 Å². The molecule has 22 heavy (non-hydrogen) atoms. The Hall–Kier alpha value is -0.830. The standard InChI is InChI=1S/C13H27N3O4S2/c1-5-14-12(15-7-9-21(17,18)6-2)16-8-10-22(19,20)13(3,4)11-16/h5-11H2,1-4H3,(H,14,15). The SMILES string of the molecule is CCNC(=NCCS(=O)(=O)CC)N1CCS(=O)(=O)C(C)(C)C1. The fourth-order valence-corrected chi connectivity index (χ4v) is 4.21. The summed E-state index contributed by atoms with van der Waals surface area (Å²) in [4.78, 5) is 6.23. The van der Waals surface area contributed by atoms with Gasteiger partial charge in [0.15, 0.2) is 25.6 Å². The summed E-state index contributed by atoms with van der Waals surface area (Å²) in [7, 11) is -6.16. The Labute approximate surface area is 134 Å². The zero-order valence-electron chi connectivity index (χ0n) is 13.8. The topological polar surface area (TPSA) is 95.9 Å². The van der Waals surface area contributed by atoms with Crippen molar-refractivity contribution in [2.45, 2.75) is 32.4 Å². The van der Waals surface area contributed by atoms with Crippen molar-refractivity contribution >= 4 is 25.6 Å². The minimum atomic E-state index is -3.11. The molecule has 1 rings (SSSR count). The number of guanidine groups is 1. The molecule has 0 aliphatic carbocycles. The molecule has 0 unspecified atom stereocenters. The third-order valence-electron chi connectivity index (χ3n) is 3.78. The molecule has 7 nitrogen and oxygen atoms in total. The molecule has 0 aromatic carbocycles. The summed E-state index contributed by atoms with van der Waals surface area (Å²) < 4.78 is 46.3. The van der Waals surface area contributed by atoms with Crippen LogP contribution < -0.4 is 5.32 Å². The fraction of sp³-hybridized carbons (Fsp3) is 0.923. The van der Waals surface area contributed by atoms with Gasteiger partial charge in [-0.15, -0.1) is 0 Å². The Kier molecular flexibility index (Phi) is 6.26. The van der Waals surface area contributed by atoms with Gasteiger partial charge >= 0.3 is 0 Å². The summed E-state index contributed by atoms with van der Waals surface area (Å²) in [6.45, 7) is 8.50. The van der Waals surface area contributed by atoms with E-state index in [1.165, 1.54) is 0 Å². The third kappa shape index (κ3) is 4.84. The molecule has 9 heteroatoms. The van der Waals surface area contributed by atoms with E-state index in [-0.39, 0.29) is 23.8 Å². The summed E-state index contributed by atoms with van der Waals surface area (Å²) in [5, 5.41) is 3.11. The molecule has 0 bridgehead atoms. The Morgan fingerprint density at radius 3 is 2.45 bits per heavy atom. The number of hydrogen-bond acceptors (Lipinski definition) is 5. The third-order valence-corrected chi connectivity index (χ3v) is 8.00. The number of sulfone groups is 2.